The maximum Gasteiger partial charge on any atom is 0.258 e. The number of aliphatic hydroxyl groups excluding tert-OH is 1. The van der Waals surface area contributed by atoms with Crippen LogP contribution < -0.4 is 10.1 Å². The first-order valence-corrected chi connectivity index (χ1v) is 7.58. The zero-order chi connectivity index (χ0) is 16.8. The fourth-order valence-electron chi connectivity index (χ4n) is 2.43. The van der Waals surface area contributed by atoms with E-state index in [9.17, 15) is 9.90 Å². The van der Waals surface area contributed by atoms with Crippen LogP contribution in [-0.2, 0) is 18.3 Å². The van der Waals surface area contributed by atoms with Crippen LogP contribution in [0.5, 0.6) is 5.75 Å². The number of hydrogen-bond donors (Lipinski definition) is 2. The molecule has 0 saturated carbocycles. The first-order valence-electron chi connectivity index (χ1n) is 7.58. The van der Waals surface area contributed by atoms with E-state index in [0.29, 0.717) is 12.2 Å². The summed E-state index contributed by atoms with van der Waals surface area (Å²) in [5.41, 5.74) is 2.69. The SMILES string of the molecule is Cc1nn(C)c(C)c1OCC(=O)NC(CO)Cc1ccccc1. The Kier molecular flexibility index (Phi) is 5.76. The number of carbonyl (C=O) groups is 1. The van der Waals surface area contributed by atoms with E-state index in [1.165, 1.54) is 0 Å². The van der Waals surface area contributed by atoms with Crippen molar-refractivity contribution < 1.29 is 14.6 Å². The van der Waals surface area contributed by atoms with Crippen LogP contribution in [0.1, 0.15) is 17.0 Å². The van der Waals surface area contributed by atoms with E-state index in [4.69, 9.17) is 4.74 Å². The summed E-state index contributed by atoms with van der Waals surface area (Å²) in [5, 5.41) is 16.5. The number of hydrogen-bond acceptors (Lipinski definition) is 4. The molecule has 2 aromatic rings. The lowest BCUT2D eigenvalue weighted by Crippen LogP contribution is -2.41. The number of aryl methyl sites for hydroxylation is 2. The Bertz CT molecular complexity index is 653. The molecule has 1 atom stereocenters. The highest BCUT2D eigenvalue weighted by atomic mass is 16.5. The Morgan fingerprint density at radius 3 is 2.61 bits per heavy atom. The molecule has 0 aliphatic rings. The standard InChI is InChI=1S/C17H23N3O3/c1-12-17(13(2)20(3)19-12)23-11-16(22)18-15(10-21)9-14-7-5-4-6-8-14/h4-8,15,21H,9-11H2,1-3H3,(H,18,22). The van der Waals surface area contributed by atoms with Crippen LogP contribution in [0.25, 0.3) is 0 Å². The van der Waals surface area contributed by atoms with E-state index in [2.05, 4.69) is 10.4 Å². The summed E-state index contributed by atoms with van der Waals surface area (Å²) in [7, 11) is 1.83. The van der Waals surface area contributed by atoms with E-state index in [0.717, 1.165) is 17.0 Å². The van der Waals surface area contributed by atoms with Crippen LogP contribution in [-0.4, -0.2) is 40.0 Å². The van der Waals surface area contributed by atoms with Gasteiger partial charge in [0, 0.05) is 7.05 Å². The van der Waals surface area contributed by atoms with E-state index in [1.54, 1.807) is 4.68 Å². The number of carbonyl (C=O) groups excluding carboxylic acids is 1. The molecular formula is C17H23N3O3. The van der Waals surface area contributed by atoms with E-state index in [-0.39, 0.29) is 25.2 Å². The molecule has 0 fully saturated rings. The first kappa shape index (κ1) is 17.0. The van der Waals surface area contributed by atoms with E-state index < -0.39 is 0 Å². The van der Waals surface area contributed by atoms with Gasteiger partial charge < -0.3 is 15.2 Å². The number of amides is 1. The Morgan fingerprint density at radius 1 is 1.35 bits per heavy atom. The van der Waals surface area contributed by atoms with Gasteiger partial charge in [0.1, 0.15) is 5.69 Å². The molecule has 1 aromatic heterocycles. The van der Waals surface area contributed by atoms with Gasteiger partial charge in [-0.1, -0.05) is 30.3 Å². The number of aromatic nitrogens is 2. The minimum absolute atomic E-state index is 0.0985. The van der Waals surface area contributed by atoms with Crippen molar-refractivity contribution in [3.63, 3.8) is 0 Å². The third kappa shape index (κ3) is 4.56. The minimum atomic E-state index is -0.329. The van der Waals surface area contributed by atoms with Crippen molar-refractivity contribution >= 4 is 5.91 Å². The van der Waals surface area contributed by atoms with Crippen LogP contribution in [0.3, 0.4) is 0 Å². The summed E-state index contributed by atoms with van der Waals surface area (Å²) in [6, 6.07) is 9.40. The zero-order valence-electron chi connectivity index (χ0n) is 13.7. The zero-order valence-corrected chi connectivity index (χ0v) is 13.7. The lowest BCUT2D eigenvalue weighted by Gasteiger charge is -2.16. The monoisotopic (exact) mass is 317 g/mol. The maximum absolute atomic E-state index is 12.0. The third-order valence-corrected chi connectivity index (χ3v) is 3.70. The van der Waals surface area contributed by atoms with Gasteiger partial charge in [-0.2, -0.15) is 5.10 Å². The van der Waals surface area contributed by atoms with E-state index >= 15 is 0 Å². The predicted molar refractivity (Wildman–Crippen MR) is 87.3 cm³/mol. The second kappa shape index (κ2) is 7.78. The number of benzene rings is 1. The molecule has 0 spiro atoms. The molecule has 1 unspecified atom stereocenters. The molecule has 6 heteroatoms. The molecule has 0 aliphatic heterocycles. The molecular weight excluding hydrogens is 294 g/mol. The van der Waals surface area contributed by atoms with Gasteiger partial charge in [-0.3, -0.25) is 9.48 Å². The average molecular weight is 317 g/mol. The molecule has 23 heavy (non-hydrogen) atoms. The number of ether oxygens (including phenoxy) is 1. The van der Waals surface area contributed by atoms with Crippen LogP contribution in [0.2, 0.25) is 0 Å². The summed E-state index contributed by atoms with van der Waals surface area (Å²) in [4.78, 5) is 12.0. The molecule has 1 aromatic carbocycles. The summed E-state index contributed by atoms with van der Waals surface area (Å²) in [6.07, 6.45) is 0.577. The van der Waals surface area contributed by atoms with Crippen LogP contribution in [0.4, 0.5) is 0 Å². The Balaban J connectivity index is 1.87. The van der Waals surface area contributed by atoms with Crippen molar-refractivity contribution in [3.05, 3.63) is 47.3 Å². The minimum Gasteiger partial charge on any atom is -0.480 e. The smallest absolute Gasteiger partial charge is 0.258 e. The second-order valence-corrected chi connectivity index (χ2v) is 5.55. The highest BCUT2D eigenvalue weighted by Gasteiger charge is 2.15. The molecule has 2 rings (SSSR count). The van der Waals surface area contributed by atoms with Crippen LogP contribution in [0, 0.1) is 13.8 Å². The number of rotatable bonds is 7. The Labute approximate surface area is 136 Å². The molecule has 1 heterocycles. The highest BCUT2D eigenvalue weighted by molar-refractivity contribution is 5.78. The van der Waals surface area contributed by atoms with Crippen molar-refractivity contribution in [2.24, 2.45) is 7.05 Å². The van der Waals surface area contributed by atoms with Gasteiger partial charge in [-0.25, -0.2) is 0 Å². The van der Waals surface area contributed by atoms with Crippen LogP contribution in [0.15, 0.2) is 30.3 Å². The summed E-state index contributed by atoms with van der Waals surface area (Å²) in [5.74, 6) is 0.369. The van der Waals surface area contributed by atoms with Crippen molar-refractivity contribution in [2.45, 2.75) is 26.3 Å². The second-order valence-electron chi connectivity index (χ2n) is 5.55. The van der Waals surface area contributed by atoms with Crippen LogP contribution >= 0.6 is 0 Å². The lowest BCUT2D eigenvalue weighted by molar-refractivity contribution is -0.124. The molecule has 2 N–H and O–H groups in total. The van der Waals surface area contributed by atoms with Crippen molar-refractivity contribution in [1.29, 1.82) is 0 Å². The molecule has 0 bridgehead atoms. The fourth-order valence-corrected chi connectivity index (χ4v) is 2.43. The third-order valence-electron chi connectivity index (χ3n) is 3.70. The molecule has 124 valence electrons. The van der Waals surface area contributed by atoms with Gasteiger partial charge in [0.2, 0.25) is 0 Å². The summed E-state index contributed by atoms with van der Waals surface area (Å²) >= 11 is 0. The maximum atomic E-state index is 12.0. The number of aliphatic hydroxyl groups is 1. The predicted octanol–water partition coefficient (Wildman–Crippen LogP) is 1.14. The quantitative estimate of drug-likeness (QED) is 0.803. The summed E-state index contributed by atoms with van der Waals surface area (Å²) < 4.78 is 7.29. The molecule has 1 amide bonds. The van der Waals surface area contributed by atoms with Crippen molar-refractivity contribution in [1.82, 2.24) is 15.1 Å². The van der Waals surface area contributed by atoms with Gasteiger partial charge >= 0.3 is 0 Å². The average Bonchev–Trinajstić information content (AvgIpc) is 2.78. The fraction of sp³-hybridized carbons (Fsp3) is 0.412. The highest BCUT2D eigenvalue weighted by Crippen LogP contribution is 2.21. The topological polar surface area (TPSA) is 76.4 Å². The van der Waals surface area contributed by atoms with Gasteiger partial charge in [-0.05, 0) is 25.8 Å². The largest absolute Gasteiger partial charge is 0.480 e. The van der Waals surface area contributed by atoms with Gasteiger partial charge in [-0.15, -0.1) is 0 Å². The van der Waals surface area contributed by atoms with Gasteiger partial charge in [0.05, 0.1) is 18.3 Å². The van der Waals surface area contributed by atoms with Gasteiger partial charge in [0.15, 0.2) is 12.4 Å². The molecule has 0 saturated heterocycles. The first-order chi connectivity index (χ1) is 11.0. The molecule has 0 radical (unpaired) electrons. The Morgan fingerprint density at radius 2 is 2.04 bits per heavy atom. The van der Waals surface area contributed by atoms with E-state index in [1.807, 2.05) is 51.2 Å². The van der Waals surface area contributed by atoms with Crippen molar-refractivity contribution in [2.75, 3.05) is 13.2 Å². The molecule has 0 aliphatic carbocycles. The van der Waals surface area contributed by atoms with Gasteiger partial charge in [0.25, 0.3) is 5.91 Å². The molecule has 6 nitrogen and oxygen atoms in total. The van der Waals surface area contributed by atoms with Crippen molar-refractivity contribution in [3.8, 4) is 5.75 Å². The summed E-state index contributed by atoms with van der Waals surface area (Å²) in [6.45, 7) is 3.51. The lowest BCUT2D eigenvalue weighted by atomic mass is 10.1. The Hall–Kier alpha value is -2.34. The number of nitrogens with one attached hydrogen (secondary N) is 1. The normalized spacial score (nSPS) is 12.0. The number of nitrogens with zero attached hydrogens (tertiary/aromatic N) is 2.